The van der Waals surface area contributed by atoms with Crippen LogP contribution in [0.1, 0.15) is 30.7 Å². The predicted octanol–water partition coefficient (Wildman–Crippen LogP) is 3.05. The van der Waals surface area contributed by atoms with E-state index in [0.29, 0.717) is 5.25 Å². The number of pyridine rings is 1. The zero-order valence-electron chi connectivity index (χ0n) is 14.4. The molecule has 1 unspecified atom stereocenters. The number of thioether (sulfide) groups is 1. The monoisotopic (exact) mass is 335 g/mol. The Hall–Kier alpha value is -0.780. The van der Waals surface area contributed by atoms with Crippen LogP contribution in [0.25, 0.3) is 0 Å². The molecule has 3 heterocycles. The molecule has 0 radical (unpaired) electrons. The number of ether oxygens (including phenoxy) is 1. The van der Waals surface area contributed by atoms with Gasteiger partial charge in [-0.1, -0.05) is 0 Å². The second-order valence-electron chi connectivity index (χ2n) is 6.66. The highest BCUT2D eigenvalue weighted by atomic mass is 32.2. The topological polar surface area (TPSA) is 28.6 Å². The maximum absolute atomic E-state index is 5.44. The van der Waals surface area contributed by atoms with E-state index < -0.39 is 0 Å². The average molecular weight is 336 g/mol. The second kappa shape index (κ2) is 8.36. The van der Waals surface area contributed by atoms with E-state index >= 15 is 0 Å². The quantitative estimate of drug-likeness (QED) is 0.825. The molecule has 0 spiro atoms. The molecule has 0 aromatic carbocycles. The Kier molecular flexibility index (Phi) is 6.20. The lowest BCUT2D eigenvalue weighted by atomic mass is 9.95. The molecule has 128 valence electrons. The first-order valence-electron chi connectivity index (χ1n) is 8.80. The maximum atomic E-state index is 5.44. The molecule has 0 amide bonds. The fraction of sp³-hybridized carbons (Fsp3) is 0.722. The lowest BCUT2D eigenvalue weighted by Gasteiger charge is -2.37. The van der Waals surface area contributed by atoms with Crippen molar-refractivity contribution in [1.82, 2.24) is 9.88 Å². The molecule has 1 aromatic heterocycles. The van der Waals surface area contributed by atoms with Crippen LogP contribution in [0, 0.1) is 5.92 Å². The number of rotatable bonds is 5. The highest BCUT2D eigenvalue weighted by Gasteiger charge is 2.22. The third-order valence-electron chi connectivity index (χ3n) is 5.14. The van der Waals surface area contributed by atoms with Crippen molar-refractivity contribution >= 4 is 17.4 Å². The molecule has 0 aliphatic carbocycles. The van der Waals surface area contributed by atoms with Gasteiger partial charge in [-0.2, -0.15) is 11.8 Å². The molecule has 2 fully saturated rings. The van der Waals surface area contributed by atoms with Crippen molar-refractivity contribution in [3.05, 3.63) is 24.0 Å². The third kappa shape index (κ3) is 4.61. The molecule has 0 bridgehead atoms. The van der Waals surface area contributed by atoms with E-state index in [1.807, 2.05) is 11.8 Å². The number of anilines is 1. The minimum atomic E-state index is 0.475. The van der Waals surface area contributed by atoms with Crippen LogP contribution in [-0.4, -0.2) is 62.1 Å². The van der Waals surface area contributed by atoms with Gasteiger partial charge in [0.25, 0.3) is 0 Å². The summed E-state index contributed by atoms with van der Waals surface area (Å²) in [5, 5.41) is 0.475. The molecule has 2 aliphatic heterocycles. The Morgan fingerprint density at radius 2 is 1.96 bits per heavy atom. The van der Waals surface area contributed by atoms with Crippen LogP contribution in [0.3, 0.4) is 0 Å². The number of nitrogens with zero attached hydrogens (tertiary/aromatic N) is 3. The van der Waals surface area contributed by atoms with Gasteiger partial charge < -0.3 is 9.64 Å². The first-order valence-corrected chi connectivity index (χ1v) is 10.1. The molecule has 0 N–H and O–H groups in total. The predicted molar refractivity (Wildman–Crippen MR) is 98.4 cm³/mol. The normalized spacial score (nSPS) is 22.3. The van der Waals surface area contributed by atoms with Gasteiger partial charge in [0, 0.05) is 38.0 Å². The summed E-state index contributed by atoms with van der Waals surface area (Å²) in [6.07, 6.45) is 6.78. The van der Waals surface area contributed by atoms with Crippen LogP contribution >= 0.6 is 11.8 Å². The highest BCUT2D eigenvalue weighted by molar-refractivity contribution is 7.98. The Balaban J connectivity index is 1.48. The van der Waals surface area contributed by atoms with E-state index in [2.05, 4.69) is 46.3 Å². The smallest absolute Gasteiger partial charge is 0.0594 e. The molecule has 0 saturated carbocycles. The Bertz CT molecular complexity index is 468. The maximum Gasteiger partial charge on any atom is 0.0594 e. The Labute approximate surface area is 144 Å². The number of piperidine rings is 1. The first kappa shape index (κ1) is 17.1. The van der Waals surface area contributed by atoms with E-state index in [9.17, 15) is 0 Å². The number of morpholine rings is 1. The summed E-state index contributed by atoms with van der Waals surface area (Å²) >= 11 is 1.85. The summed E-state index contributed by atoms with van der Waals surface area (Å²) in [6.45, 7) is 9.82. The van der Waals surface area contributed by atoms with Crippen molar-refractivity contribution in [3.63, 3.8) is 0 Å². The molecule has 1 aromatic rings. The number of hydrogen-bond acceptors (Lipinski definition) is 5. The first-order chi connectivity index (χ1) is 11.3. The Morgan fingerprint density at radius 3 is 2.57 bits per heavy atom. The van der Waals surface area contributed by atoms with Crippen LogP contribution in [0.15, 0.2) is 18.3 Å². The van der Waals surface area contributed by atoms with Crippen LogP contribution in [0.2, 0.25) is 0 Å². The summed E-state index contributed by atoms with van der Waals surface area (Å²) in [5.74, 6) is 0.841. The van der Waals surface area contributed by atoms with Gasteiger partial charge in [0.1, 0.15) is 0 Å². The van der Waals surface area contributed by atoms with Gasteiger partial charge in [-0.05, 0) is 44.1 Å². The lowest BCUT2D eigenvalue weighted by Crippen LogP contribution is -2.42. The summed E-state index contributed by atoms with van der Waals surface area (Å²) in [7, 11) is 0. The van der Waals surface area contributed by atoms with Crippen molar-refractivity contribution in [2.45, 2.75) is 25.0 Å². The summed E-state index contributed by atoms with van der Waals surface area (Å²) in [5.41, 5.74) is 2.47. The van der Waals surface area contributed by atoms with Crippen molar-refractivity contribution in [3.8, 4) is 0 Å². The van der Waals surface area contributed by atoms with Gasteiger partial charge in [0.2, 0.25) is 0 Å². The van der Waals surface area contributed by atoms with Crippen LogP contribution in [0.5, 0.6) is 0 Å². The third-order valence-corrected chi connectivity index (χ3v) is 6.09. The molecule has 2 saturated heterocycles. The van der Waals surface area contributed by atoms with E-state index in [1.54, 1.807) is 0 Å². The van der Waals surface area contributed by atoms with Gasteiger partial charge in [0.15, 0.2) is 0 Å². The number of aromatic nitrogens is 1. The largest absolute Gasteiger partial charge is 0.379 e. The summed E-state index contributed by atoms with van der Waals surface area (Å²) < 4.78 is 5.44. The van der Waals surface area contributed by atoms with Gasteiger partial charge in [0.05, 0.1) is 30.8 Å². The minimum Gasteiger partial charge on any atom is -0.379 e. The van der Waals surface area contributed by atoms with Crippen LogP contribution in [-0.2, 0) is 4.74 Å². The fourth-order valence-electron chi connectivity index (χ4n) is 3.47. The van der Waals surface area contributed by atoms with Crippen molar-refractivity contribution in [2.75, 3.05) is 57.1 Å². The van der Waals surface area contributed by atoms with Crippen LogP contribution in [0.4, 0.5) is 5.69 Å². The molecular formula is C18H29N3OS. The van der Waals surface area contributed by atoms with E-state index in [1.165, 1.54) is 30.8 Å². The Morgan fingerprint density at radius 1 is 1.22 bits per heavy atom. The fourth-order valence-corrected chi connectivity index (χ4v) is 3.85. The number of hydrogen-bond donors (Lipinski definition) is 0. The van der Waals surface area contributed by atoms with Crippen molar-refractivity contribution in [2.24, 2.45) is 5.92 Å². The molecule has 4 nitrogen and oxygen atoms in total. The van der Waals surface area contributed by atoms with Gasteiger partial charge in [-0.25, -0.2) is 0 Å². The van der Waals surface area contributed by atoms with Gasteiger partial charge >= 0.3 is 0 Å². The minimum absolute atomic E-state index is 0.475. The molecule has 5 heteroatoms. The van der Waals surface area contributed by atoms with Crippen LogP contribution < -0.4 is 4.90 Å². The van der Waals surface area contributed by atoms with Crippen molar-refractivity contribution < 1.29 is 4.74 Å². The van der Waals surface area contributed by atoms with Gasteiger partial charge in [-0.15, -0.1) is 0 Å². The summed E-state index contributed by atoms with van der Waals surface area (Å²) in [6, 6.07) is 4.44. The molecule has 23 heavy (non-hydrogen) atoms. The standard InChI is InChI=1S/C18H29N3OS/c1-15(23-2)18-4-3-17(13-19-18)21-7-5-16(6-8-21)14-20-9-11-22-12-10-20/h3-4,13,15-16H,5-12,14H2,1-2H3. The van der Waals surface area contributed by atoms with Crippen molar-refractivity contribution in [1.29, 1.82) is 0 Å². The van der Waals surface area contributed by atoms with E-state index in [-0.39, 0.29) is 0 Å². The van der Waals surface area contributed by atoms with E-state index in [0.717, 1.165) is 45.3 Å². The van der Waals surface area contributed by atoms with Gasteiger partial charge in [-0.3, -0.25) is 9.88 Å². The summed E-state index contributed by atoms with van der Waals surface area (Å²) in [4.78, 5) is 9.72. The molecule has 1 atom stereocenters. The zero-order valence-corrected chi connectivity index (χ0v) is 15.2. The lowest BCUT2D eigenvalue weighted by molar-refractivity contribution is 0.0289. The molecule has 3 rings (SSSR count). The average Bonchev–Trinajstić information content (AvgIpc) is 2.63. The second-order valence-corrected chi connectivity index (χ2v) is 7.84. The molecular weight excluding hydrogens is 306 g/mol. The highest BCUT2D eigenvalue weighted by Crippen LogP contribution is 2.27. The zero-order chi connectivity index (χ0) is 16.1. The van der Waals surface area contributed by atoms with E-state index in [4.69, 9.17) is 4.74 Å². The molecule has 2 aliphatic rings. The SMILES string of the molecule is CSC(C)c1ccc(N2CCC(CN3CCOCC3)CC2)cn1.